The van der Waals surface area contributed by atoms with Crippen LogP contribution in [-0.2, 0) is 0 Å². The monoisotopic (exact) mass is 157 g/mol. The molecule has 0 atom stereocenters. The van der Waals surface area contributed by atoms with Crippen molar-refractivity contribution in [3.8, 4) is 0 Å². The number of rotatable bonds is 1. The molecule has 10 heavy (non-hydrogen) atoms. The van der Waals surface area contributed by atoms with Gasteiger partial charge in [0.25, 0.3) is 0 Å². The number of nitrogens with one attached hydrogen (secondary N) is 1. The van der Waals surface area contributed by atoms with Crippen LogP contribution in [0.3, 0.4) is 0 Å². The molecule has 1 saturated heterocycles. The smallest absolute Gasteiger partial charge is 0.203 e. The summed E-state index contributed by atoms with van der Waals surface area (Å²) in [4.78, 5) is 3.92. The number of halogens is 1. The Balaban J connectivity index is 2.23. The Morgan fingerprint density at radius 1 is 1.70 bits per heavy atom. The summed E-state index contributed by atoms with van der Waals surface area (Å²) in [6.45, 7) is 2.02. The lowest BCUT2D eigenvalue weighted by atomic mass is 10.2. The molecule has 3 nitrogen and oxygen atoms in total. The van der Waals surface area contributed by atoms with E-state index in [0.29, 0.717) is 11.3 Å². The molecule has 0 spiro atoms. The Kier molecular flexibility index (Phi) is 1.39. The van der Waals surface area contributed by atoms with Crippen molar-refractivity contribution >= 4 is 11.6 Å². The summed E-state index contributed by atoms with van der Waals surface area (Å²) in [5.41, 5.74) is 0. The molecule has 1 aromatic rings. The molecule has 0 saturated carbocycles. The zero-order valence-corrected chi connectivity index (χ0v) is 6.17. The maximum Gasteiger partial charge on any atom is 0.203 e. The molecule has 0 aromatic carbocycles. The van der Waals surface area contributed by atoms with Crippen molar-refractivity contribution in [3.05, 3.63) is 17.7 Å². The van der Waals surface area contributed by atoms with E-state index in [2.05, 4.69) is 10.3 Å². The molecule has 2 rings (SSSR count). The minimum absolute atomic E-state index is 0.523. The van der Waals surface area contributed by atoms with Crippen molar-refractivity contribution in [2.45, 2.75) is 6.04 Å². The van der Waals surface area contributed by atoms with Crippen LogP contribution in [0.15, 0.2) is 12.4 Å². The van der Waals surface area contributed by atoms with Gasteiger partial charge in [-0.05, 0) is 11.6 Å². The van der Waals surface area contributed by atoms with Gasteiger partial charge in [0.15, 0.2) is 0 Å². The van der Waals surface area contributed by atoms with Crippen molar-refractivity contribution in [2.24, 2.45) is 0 Å². The van der Waals surface area contributed by atoms with Crippen molar-refractivity contribution in [2.75, 3.05) is 13.1 Å². The molecule has 0 bridgehead atoms. The predicted octanol–water partition coefficient (Wildman–Crippen LogP) is 0.681. The van der Waals surface area contributed by atoms with E-state index in [-0.39, 0.29) is 0 Å². The zero-order chi connectivity index (χ0) is 6.97. The molecule has 54 valence electrons. The van der Waals surface area contributed by atoms with Crippen LogP contribution < -0.4 is 5.32 Å². The van der Waals surface area contributed by atoms with Gasteiger partial charge in [-0.3, -0.25) is 0 Å². The van der Waals surface area contributed by atoms with Gasteiger partial charge in [-0.15, -0.1) is 0 Å². The lowest BCUT2D eigenvalue weighted by molar-refractivity contribution is 0.344. The van der Waals surface area contributed by atoms with Crippen molar-refractivity contribution in [3.63, 3.8) is 0 Å². The summed E-state index contributed by atoms with van der Waals surface area (Å²) in [5.74, 6) is 0. The zero-order valence-electron chi connectivity index (χ0n) is 5.42. The lowest BCUT2D eigenvalue weighted by Crippen LogP contribution is -2.43. The van der Waals surface area contributed by atoms with E-state index in [0.717, 1.165) is 13.1 Å². The van der Waals surface area contributed by atoms with Crippen LogP contribution in [0.4, 0.5) is 0 Å². The summed E-state index contributed by atoms with van der Waals surface area (Å²) in [7, 11) is 0. The van der Waals surface area contributed by atoms with Crippen LogP contribution in [0.1, 0.15) is 6.04 Å². The number of hydrogen-bond acceptors (Lipinski definition) is 2. The van der Waals surface area contributed by atoms with E-state index in [9.17, 15) is 0 Å². The Bertz CT molecular complexity index is 229. The molecular weight excluding hydrogens is 150 g/mol. The quantitative estimate of drug-likeness (QED) is 0.650. The van der Waals surface area contributed by atoms with E-state index < -0.39 is 0 Å². The summed E-state index contributed by atoms with van der Waals surface area (Å²) >= 11 is 5.77. The Hall–Kier alpha value is -0.540. The first kappa shape index (κ1) is 6.19. The van der Waals surface area contributed by atoms with E-state index in [1.165, 1.54) is 0 Å². The van der Waals surface area contributed by atoms with E-state index in [4.69, 9.17) is 11.6 Å². The number of hydrogen-bond donors (Lipinski definition) is 1. The van der Waals surface area contributed by atoms with Gasteiger partial charge >= 0.3 is 0 Å². The standard InChI is InChI=1S/C6H8ClN3/c7-6-9-1-2-10(6)5-3-8-4-5/h1-2,5,8H,3-4H2. The largest absolute Gasteiger partial charge is 0.316 e. The second kappa shape index (κ2) is 2.25. The molecule has 1 N–H and O–H groups in total. The van der Waals surface area contributed by atoms with E-state index in [1.54, 1.807) is 6.20 Å². The predicted molar refractivity (Wildman–Crippen MR) is 39.1 cm³/mol. The Morgan fingerprint density at radius 3 is 2.90 bits per heavy atom. The first-order chi connectivity index (χ1) is 4.88. The molecule has 0 aliphatic carbocycles. The topological polar surface area (TPSA) is 29.9 Å². The summed E-state index contributed by atoms with van der Waals surface area (Å²) < 4.78 is 1.98. The molecule has 2 heterocycles. The van der Waals surface area contributed by atoms with E-state index >= 15 is 0 Å². The van der Waals surface area contributed by atoms with Gasteiger partial charge in [0, 0.05) is 25.5 Å². The highest BCUT2D eigenvalue weighted by molar-refractivity contribution is 6.28. The molecule has 0 unspecified atom stereocenters. The third-order valence-electron chi connectivity index (χ3n) is 1.77. The maximum atomic E-state index is 5.77. The minimum atomic E-state index is 0.523. The lowest BCUT2D eigenvalue weighted by Gasteiger charge is -2.28. The van der Waals surface area contributed by atoms with Crippen LogP contribution in [0.5, 0.6) is 0 Å². The summed E-state index contributed by atoms with van der Waals surface area (Å²) in [5, 5.41) is 3.76. The van der Waals surface area contributed by atoms with Crippen LogP contribution in [0, 0.1) is 0 Å². The Labute approximate surface area is 64.0 Å². The average molecular weight is 158 g/mol. The SMILES string of the molecule is Clc1nccn1C1CNC1. The van der Waals surface area contributed by atoms with Gasteiger partial charge in [0.1, 0.15) is 0 Å². The fourth-order valence-electron chi connectivity index (χ4n) is 1.04. The normalized spacial score (nSPS) is 18.9. The summed E-state index contributed by atoms with van der Waals surface area (Å²) in [6, 6.07) is 0.523. The van der Waals surface area contributed by atoms with Crippen molar-refractivity contribution < 1.29 is 0 Å². The molecule has 1 aliphatic rings. The van der Waals surface area contributed by atoms with Gasteiger partial charge < -0.3 is 9.88 Å². The molecule has 1 aromatic heterocycles. The van der Waals surface area contributed by atoms with Crippen molar-refractivity contribution in [1.29, 1.82) is 0 Å². The molecule has 0 amide bonds. The van der Waals surface area contributed by atoms with Gasteiger partial charge in [0.05, 0.1) is 6.04 Å². The van der Waals surface area contributed by atoms with Gasteiger partial charge in [-0.2, -0.15) is 0 Å². The second-order valence-electron chi connectivity index (χ2n) is 2.42. The van der Waals surface area contributed by atoms with Crippen LogP contribution in [0.25, 0.3) is 0 Å². The molecular formula is C6H8ClN3. The van der Waals surface area contributed by atoms with Gasteiger partial charge in [-0.1, -0.05) is 0 Å². The number of imidazole rings is 1. The fraction of sp³-hybridized carbons (Fsp3) is 0.500. The van der Waals surface area contributed by atoms with Crippen LogP contribution in [-0.4, -0.2) is 22.6 Å². The first-order valence-corrected chi connectivity index (χ1v) is 3.65. The molecule has 1 fully saturated rings. The number of aromatic nitrogens is 2. The third-order valence-corrected chi connectivity index (χ3v) is 2.07. The first-order valence-electron chi connectivity index (χ1n) is 3.27. The van der Waals surface area contributed by atoms with Crippen LogP contribution in [0.2, 0.25) is 5.28 Å². The van der Waals surface area contributed by atoms with Crippen LogP contribution >= 0.6 is 11.6 Å². The van der Waals surface area contributed by atoms with Crippen molar-refractivity contribution in [1.82, 2.24) is 14.9 Å². The maximum absolute atomic E-state index is 5.77. The summed E-state index contributed by atoms with van der Waals surface area (Å²) in [6.07, 6.45) is 3.63. The van der Waals surface area contributed by atoms with Gasteiger partial charge in [0.2, 0.25) is 5.28 Å². The fourth-order valence-corrected chi connectivity index (χ4v) is 1.29. The molecule has 0 radical (unpaired) electrons. The van der Waals surface area contributed by atoms with E-state index in [1.807, 2.05) is 10.8 Å². The highest BCUT2D eigenvalue weighted by Crippen LogP contribution is 2.16. The second-order valence-corrected chi connectivity index (χ2v) is 2.75. The third kappa shape index (κ3) is 0.822. The van der Waals surface area contributed by atoms with Gasteiger partial charge in [-0.25, -0.2) is 4.98 Å². The number of nitrogens with zero attached hydrogens (tertiary/aromatic N) is 2. The average Bonchev–Trinajstić information content (AvgIpc) is 2.12. The highest BCUT2D eigenvalue weighted by atomic mass is 35.5. The Morgan fingerprint density at radius 2 is 2.50 bits per heavy atom. The highest BCUT2D eigenvalue weighted by Gasteiger charge is 2.19. The molecule has 4 heteroatoms. The molecule has 1 aliphatic heterocycles. The minimum Gasteiger partial charge on any atom is -0.316 e.